The third kappa shape index (κ3) is 4.84. The zero-order chi connectivity index (χ0) is 24.2. The third-order valence-corrected chi connectivity index (χ3v) is 7.74. The maximum atomic E-state index is 13.6. The van der Waals surface area contributed by atoms with Crippen molar-refractivity contribution >= 4 is 21.6 Å². The van der Waals surface area contributed by atoms with E-state index in [4.69, 9.17) is 9.47 Å². The van der Waals surface area contributed by atoms with Crippen LogP contribution in [0.25, 0.3) is 11.1 Å². The second kappa shape index (κ2) is 9.97. The highest BCUT2D eigenvalue weighted by atomic mass is 32.2. The normalized spacial score (nSPS) is 15.5. The van der Waals surface area contributed by atoms with Crippen LogP contribution in [0.3, 0.4) is 0 Å². The predicted molar refractivity (Wildman–Crippen MR) is 136 cm³/mol. The monoisotopic (exact) mass is 484 g/mol. The first-order chi connectivity index (χ1) is 16.4. The van der Waals surface area contributed by atoms with E-state index in [-0.39, 0.29) is 13.7 Å². The minimum Gasteiger partial charge on any atom is -0.497 e. The molecule has 34 heavy (non-hydrogen) atoms. The molecule has 182 valence electrons. The Hall–Kier alpha value is -3.20. The van der Waals surface area contributed by atoms with Gasteiger partial charge in [-0.3, -0.25) is 4.79 Å². The summed E-state index contributed by atoms with van der Waals surface area (Å²) in [5.74, 6) is 0.668. The summed E-state index contributed by atoms with van der Waals surface area (Å²) in [6.07, 6.45) is 1.18. The van der Waals surface area contributed by atoms with Crippen LogP contribution in [0.5, 0.6) is 5.75 Å². The molecule has 2 N–H and O–H groups in total. The first-order valence-electron chi connectivity index (χ1n) is 11.1. The van der Waals surface area contributed by atoms with E-state index in [2.05, 4.69) is 10.0 Å². The smallest absolute Gasteiger partial charge is 0.240 e. The summed E-state index contributed by atoms with van der Waals surface area (Å²) in [4.78, 5) is 13.8. The average molecular weight is 485 g/mol. The highest BCUT2D eigenvalue weighted by Gasteiger charge is 2.41. The number of nitrogens with one attached hydrogen (secondary N) is 2. The molecule has 1 aliphatic rings. The van der Waals surface area contributed by atoms with Crippen molar-refractivity contribution in [3.05, 3.63) is 78.4 Å². The number of methoxy groups -OCH3 is 1. The number of carbonyl (C=O) groups is 1. The number of hydrogen-bond acceptors (Lipinski definition) is 5. The van der Waals surface area contributed by atoms with E-state index in [0.717, 1.165) is 22.4 Å². The van der Waals surface area contributed by atoms with Gasteiger partial charge in [0.1, 0.15) is 5.75 Å². The van der Waals surface area contributed by atoms with Gasteiger partial charge in [0, 0.05) is 21.8 Å². The summed E-state index contributed by atoms with van der Waals surface area (Å²) in [5, 5.41) is 3.10. The molecule has 0 saturated carbocycles. The van der Waals surface area contributed by atoms with Gasteiger partial charge in [0.25, 0.3) is 0 Å². The van der Waals surface area contributed by atoms with Crippen LogP contribution in [0, 0.1) is 0 Å². The van der Waals surface area contributed by atoms with Crippen LogP contribution in [0.1, 0.15) is 21.3 Å². The van der Waals surface area contributed by atoms with E-state index >= 15 is 0 Å². The van der Waals surface area contributed by atoms with E-state index in [1.165, 1.54) is 7.05 Å². The SMILES string of the molecule is CNS(=O)(=O)c1ccc(-c2cccc(NC(=O)C3(c4ccc(OC)cc4)CCOCC3)c2)cc1.[HH].[HH]. The van der Waals surface area contributed by atoms with E-state index in [0.29, 0.717) is 31.7 Å². The lowest BCUT2D eigenvalue weighted by Crippen LogP contribution is -2.44. The van der Waals surface area contributed by atoms with Gasteiger partial charge < -0.3 is 14.8 Å². The molecule has 0 atom stereocenters. The van der Waals surface area contributed by atoms with Crippen molar-refractivity contribution in [1.29, 1.82) is 0 Å². The zero-order valence-electron chi connectivity index (χ0n) is 19.2. The molecule has 0 aromatic heterocycles. The van der Waals surface area contributed by atoms with Gasteiger partial charge in [-0.2, -0.15) is 0 Å². The fourth-order valence-corrected chi connectivity index (χ4v) is 4.98. The highest BCUT2D eigenvalue weighted by molar-refractivity contribution is 7.89. The Morgan fingerprint density at radius 1 is 0.971 bits per heavy atom. The fraction of sp³-hybridized carbons (Fsp3) is 0.269. The van der Waals surface area contributed by atoms with Crippen molar-refractivity contribution in [3.63, 3.8) is 0 Å². The van der Waals surface area contributed by atoms with Gasteiger partial charge in [0.05, 0.1) is 17.4 Å². The quantitative estimate of drug-likeness (QED) is 0.517. The van der Waals surface area contributed by atoms with Crippen molar-refractivity contribution in [2.75, 3.05) is 32.7 Å². The molecular weight excluding hydrogens is 452 g/mol. The summed E-state index contributed by atoms with van der Waals surface area (Å²) in [6.45, 7) is 1.03. The Bertz CT molecular complexity index is 1260. The molecule has 7 nitrogen and oxygen atoms in total. The lowest BCUT2D eigenvalue weighted by atomic mass is 9.73. The topological polar surface area (TPSA) is 93.7 Å². The number of benzene rings is 3. The van der Waals surface area contributed by atoms with Crippen molar-refractivity contribution < 1.29 is 25.5 Å². The molecule has 8 heteroatoms. The van der Waals surface area contributed by atoms with Gasteiger partial charge in [-0.15, -0.1) is 0 Å². The predicted octanol–water partition coefficient (Wildman–Crippen LogP) is 4.45. The standard InChI is InChI=1S/C26H28N2O5S.2H2/c1-27-34(30,31)24-12-6-19(7-13-24)20-4-3-5-22(18-20)28-25(29)26(14-16-33-17-15-26)21-8-10-23(32-2)11-9-21;;/h3-13,18,27H,14-17H2,1-2H3,(H,28,29);2*1H. The molecule has 4 rings (SSSR count). The Morgan fingerprint density at radius 3 is 2.26 bits per heavy atom. The van der Waals surface area contributed by atoms with E-state index in [1.807, 2.05) is 48.5 Å². The number of ether oxygens (including phenoxy) is 2. The molecule has 1 saturated heterocycles. The number of carbonyl (C=O) groups excluding carboxylic acids is 1. The van der Waals surface area contributed by atoms with Crippen LogP contribution >= 0.6 is 0 Å². The maximum Gasteiger partial charge on any atom is 0.240 e. The molecule has 0 spiro atoms. The molecule has 0 bridgehead atoms. The summed E-state index contributed by atoms with van der Waals surface area (Å²) < 4.78 is 37.1. The molecule has 0 unspecified atom stereocenters. The lowest BCUT2D eigenvalue weighted by Gasteiger charge is -2.36. The molecule has 1 heterocycles. The van der Waals surface area contributed by atoms with E-state index in [1.54, 1.807) is 31.4 Å². The van der Waals surface area contributed by atoms with Crippen LogP contribution in [-0.2, 0) is 25.0 Å². The minimum absolute atomic E-state index is 0. The summed E-state index contributed by atoms with van der Waals surface area (Å²) >= 11 is 0. The molecule has 1 fully saturated rings. The first-order valence-corrected chi connectivity index (χ1v) is 12.5. The van der Waals surface area contributed by atoms with Crippen molar-refractivity contribution in [3.8, 4) is 16.9 Å². The number of anilines is 1. The number of hydrogen-bond donors (Lipinski definition) is 2. The third-order valence-electron chi connectivity index (χ3n) is 6.31. The van der Waals surface area contributed by atoms with Crippen molar-refractivity contribution in [2.24, 2.45) is 0 Å². The van der Waals surface area contributed by atoms with Crippen LogP contribution in [0.2, 0.25) is 0 Å². The Balaban J connectivity index is 0.00000228. The first kappa shape index (κ1) is 23.9. The minimum atomic E-state index is -3.50. The molecule has 3 aromatic carbocycles. The molecule has 0 radical (unpaired) electrons. The highest BCUT2D eigenvalue weighted by Crippen LogP contribution is 2.37. The fourth-order valence-electron chi connectivity index (χ4n) is 4.25. The molecule has 0 aliphatic carbocycles. The lowest BCUT2D eigenvalue weighted by molar-refractivity contribution is -0.125. The maximum absolute atomic E-state index is 13.6. The van der Waals surface area contributed by atoms with Gasteiger partial charge >= 0.3 is 0 Å². The molecule has 1 aliphatic heterocycles. The summed E-state index contributed by atoms with van der Waals surface area (Å²) in [7, 11) is -0.498. The van der Waals surface area contributed by atoms with Crippen LogP contribution < -0.4 is 14.8 Å². The number of amides is 1. The second-order valence-corrected chi connectivity index (χ2v) is 10.1. The van der Waals surface area contributed by atoms with Crippen LogP contribution in [0.15, 0.2) is 77.7 Å². The second-order valence-electron chi connectivity index (χ2n) is 8.19. The molecule has 3 aromatic rings. The molecular formula is C26H32N2O5S. The van der Waals surface area contributed by atoms with Crippen LogP contribution in [0.4, 0.5) is 5.69 Å². The summed E-state index contributed by atoms with van der Waals surface area (Å²) in [5.41, 5.74) is 2.64. The Kier molecular flexibility index (Phi) is 7.02. The largest absolute Gasteiger partial charge is 0.497 e. The number of sulfonamides is 1. The van der Waals surface area contributed by atoms with Crippen LogP contribution in [-0.4, -0.2) is 41.7 Å². The van der Waals surface area contributed by atoms with Crippen molar-refractivity contribution in [2.45, 2.75) is 23.2 Å². The Morgan fingerprint density at radius 2 is 1.65 bits per heavy atom. The number of rotatable bonds is 7. The van der Waals surface area contributed by atoms with Gasteiger partial charge in [0.2, 0.25) is 15.9 Å². The van der Waals surface area contributed by atoms with E-state index < -0.39 is 15.4 Å². The zero-order valence-corrected chi connectivity index (χ0v) is 20.0. The van der Waals surface area contributed by atoms with Gasteiger partial charge in [-0.05, 0) is 73.0 Å². The average Bonchev–Trinajstić information content (AvgIpc) is 2.89. The van der Waals surface area contributed by atoms with Gasteiger partial charge in [-0.1, -0.05) is 36.4 Å². The van der Waals surface area contributed by atoms with Gasteiger partial charge in [-0.25, -0.2) is 13.1 Å². The van der Waals surface area contributed by atoms with Crippen molar-refractivity contribution in [1.82, 2.24) is 4.72 Å². The summed E-state index contributed by atoms with van der Waals surface area (Å²) in [6, 6.07) is 21.8. The van der Waals surface area contributed by atoms with Gasteiger partial charge in [0.15, 0.2) is 0 Å². The Labute approximate surface area is 203 Å². The van der Waals surface area contributed by atoms with E-state index in [9.17, 15) is 13.2 Å². The molecule has 1 amide bonds.